The SMILES string of the molecule is Cn1nc(NC2CCC(n3nc4c(cc3=O)COCC4)CC2)ccc1=O. The molecule has 0 amide bonds. The average Bonchev–Trinajstić information content (AvgIpc) is 2.65. The maximum absolute atomic E-state index is 12.4. The first-order chi connectivity index (χ1) is 12.6. The molecule has 3 heterocycles. The van der Waals surface area contributed by atoms with E-state index in [-0.39, 0.29) is 23.2 Å². The molecule has 0 spiro atoms. The lowest BCUT2D eigenvalue weighted by Gasteiger charge is -2.30. The Morgan fingerprint density at radius 3 is 2.69 bits per heavy atom. The molecule has 0 saturated heterocycles. The molecule has 0 unspecified atom stereocenters. The Hall–Kier alpha value is -2.48. The molecule has 2 aromatic rings. The molecule has 2 aliphatic rings. The molecule has 0 atom stereocenters. The van der Waals surface area contributed by atoms with Gasteiger partial charge in [0.05, 0.1) is 24.9 Å². The molecule has 1 fully saturated rings. The van der Waals surface area contributed by atoms with Gasteiger partial charge in [-0.3, -0.25) is 9.59 Å². The largest absolute Gasteiger partial charge is 0.376 e. The molecule has 8 nitrogen and oxygen atoms in total. The summed E-state index contributed by atoms with van der Waals surface area (Å²) in [6.45, 7) is 1.16. The molecule has 0 bridgehead atoms. The topological polar surface area (TPSA) is 91.0 Å². The number of fused-ring (bicyclic) bond motifs is 1. The lowest BCUT2D eigenvalue weighted by atomic mass is 9.91. The fourth-order valence-corrected chi connectivity index (χ4v) is 3.74. The van der Waals surface area contributed by atoms with E-state index >= 15 is 0 Å². The van der Waals surface area contributed by atoms with Gasteiger partial charge in [0.15, 0.2) is 0 Å². The zero-order valence-corrected chi connectivity index (χ0v) is 14.9. The molecule has 26 heavy (non-hydrogen) atoms. The summed E-state index contributed by atoms with van der Waals surface area (Å²) in [7, 11) is 1.64. The van der Waals surface area contributed by atoms with Crippen LogP contribution in [-0.4, -0.2) is 32.2 Å². The van der Waals surface area contributed by atoms with E-state index in [2.05, 4.69) is 15.5 Å². The molecule has 0 aromatic carbocycles. The molecule has 2 aromatic heterocycles. The van der Waals surface area contributed by atoms with Crippen LogP contribution in [0.1, 0.15) is 43.0 Å². The van der Waals surface area contributed by atoms with Crippen LogP contribution in [0.4, 0.5) is 5.82 Å². The normalized spacial score (nSPS) is 22.7. The van der Waals surface area contributed by atoms with E-state index in [4.69, 9.17) is 4.74 Å². The Labute approximate surface area is 150 Å². The van der Waals surface area contributed by atoms with Gasteiger partial charge in [0.2, 0.25) is 0 Å². The molecule has 1 aliphatic carbocycles. The third-order valence-electron chi connectivity index (χ3n) is 5.22. The second kappa shape index (κ2) is 7.03. The fraction of sp³-hybridized carbons (Fsp3) is 0.556. The first-order valence-electron chi connectivity index (χ1n) is 9.10. The molecule has 1 N–H and O–H groups in total. The predicted octanol–water partition coefficient (Wildman–Crippen LogP) is 1.01. The van der Waals surface area contributed by atoms with Gasteiger partial charge in [0, 0.05) is 37.2 Å². The van der Waals surface area contributed by atoms with Gasteiger partial charge in [-0.25, -0.2) is 9.36 Å². The van der Waals surface area contributed by atoms with Crippen molar-refractivity contribution >= 4 is 5.82 Å². The van der Waals surface area contributed by atoms with Crippen molar-refractivity contribution in [3.8, 4) is 0 Å². The molecular weight excluding hydrogens is 334 g/mol. The summed E-state index contributed by atoms with van der Waals surface area (Å²) in [4.78, 5) is 23.8. The van der Waals surface area contributed by atoms with Crippen molar-refractivity contribution in [2.24, 2.45) is 7.05 Å². The lowest BCUT2D eigenvalue weighted by molar-refractivity contribution is 0.107. The second-order valence-electron chi connectivity index (χ2n) is 7.03. The van der Waals surface area contributed by atoms with Crippen LogP contribution >= 0.6 is 0 Å². The van der Waals surface area contributed by atoms with E-state index in [0.29, 0.717) is 19.0 Å². The summed E-state index contributed by atoms with van der Waals surface area (Å²) in [6.07, 6.45) is 4.43. The summed E-state index contributed by atoms with van der Waals surface area (Å²) in [5.74, 6) is 0.708. The molecule has 4 rings (SSSR count). The highest BCUT2D eigenvalue weighted by Gasteiger charge is 2.25. The number of hydrogen-bond donors (Lipinski definition) is 1. The van der Waals surface area contributed by atoms with Gasteiger partial charge in [0.1, 0.15) is 5.82 Å². The molecule has 1 saturated carbocycles. The highest BCUT2D eigenvalue weighted by molar-refractivity contribution is 5.33. The molecule has 138 valence electrons. The summed E-state index contributed by atoms with van der Waals surface area (Å²) in [6, 6.07) is 5.34. The third kappa shape index (κ3) is 3.41. The number of aryl methyl sites for hydroxylation is 1. The average molecular weight is 357 g/mol. The Kier molecular flexibility index (Phi) is 4.58. The van der Waals surface area contributed by atoms with Gasteiger partial charge in [-0.2, -0.15) is 10.2 Å². The van der Waals surface area contributed by atoms with Crippen molar-refractivity contribution in [1.82, 2.24) is 19.6 Å². The Balaban J connectivity index is 1.43. The minimum atomic E-state index is -0.123. The van der Waals surface area contributed by atoms with E-state index < -0.39 is 0 Å². The maximum Gasteiger partial charge on any atom is 0.267 e. The van der Waals surface area contributed by atoms with Gasteiger partial charge >= 0.3 is 0 Å². The monoisotopic (exact) mass is 357 g/mol. The highest BCUT2D eigenvalue weighted by Crippen LogP contribution is 2.29. The number of ether oxygens (including phenoxy) is 1. The molecule has 8 heteroatoms. The van der Waals surface area contributed by atoms with E-state index in [1.165, 1.54) is 10.7 Å². The number of rotatable bonds is 3. The molecule has 1 aliphatic heterocycles. The second-order valence-corrected chi connectivity index (χ2v) is 7.03. The van der Waals surface area contributed by atoms with E-state index in [0.717, 1.165) is 43.4 Å². The Bertz CT molecular complexity index is 912. The smallest absolute Gasteiger partial charge is 0.267 e. The van der Waals surface area contributed by atoms with Gasteiger partial charge < -0.3 is 10.1 Å². The zero-order chi connectivity index (χ0) is 18.1. The van der Waals surface area contributed by atoms with Crippen molar-refractivity contribution in [1.29, 1.82) is 0 Å². The van der Waals surface area contributed by atoms with Gasteiger partial charge in [-0.05, 0) is 31.7 Å². The Morgan fingerprint density at radius 2 is 1.92 bits per heavy atom. The minimum absolute atomic E-state index is 0.0367. The van der Waals surface area contributed by atoms with E-state index in [1.807, 2.05) is 0 Å². The molecular formula is C18H23N5O3. The van der Waals surface area contributed by atoms with Crippen LogP contribution in [0.25, 0.3) is 0 Å². The van der Waals surface area contributed by atoms with Crippen LogP contribution in [0.15, 0.2) is 27.8 Å². The quantitative estimate of drug-likeness (QED) is 0.881. The fourth-order valence-electron chi connectivity index (χ4n) is 3.74. The first kappa shape index (κ1) is 17.0. The predicted molar refractivity (Wildman–Crippen MR) is 96.3 cm³/mol. The summed E-state index contributed by atoms with van der Waals surface area (Å²) in [5, 5.41) is 12.2. The number of nitrogens with one attached hydrogen (secondary N) is 1. The first-order valence-corrected chi connectivity index (χ1v) is 9.10. The lowest BCUT2D eigenvalue weighted by Crippen LogP contribution is -2.35. The Morgan fingerprint density at radius 1 is 1.12 bits per heavy atom. The van der Waals surface area contributed by atoms with Crippen molar-refractivity contribution in [2.45, 2.75) is 50.8 Å². The molecule has 0 radical (unpaired) electrons. The number of hydrogen-bond acceptors (Lipinski definition) is 6. The summed E-state index contributed by atoms with van der Waals surface area (Å²) < 4.78 is 8.40. The van der Waals surface area contributed by atoms with E-state index in [1.54, 1.807) is 23.9 Å². The summed E-state index contributed by atoms with van der Waals surface area (Å²) >= 11 is 0. The van der Waals surface area contributed by atoms with Gasteiger partial charge in [-0.15, -0.1) is 0 Å². The van der Waals surface area contributed by atoms with Crippen molar-refractivity contribution in [3.63, 3.8) is 0 Å². The maximum atomic E-state index is 12.4. The number of anilines is 1. The van der Waals surface area contributed by atoms with E-state index in [9.17, 15) is 9.59 Å². The zero-order valence-electron chi connectivity index (χ0n) is 14.9. The van der Waals surface area contributed by atoms with Gasteiger partial charge in [-0.1, -0.05) is 0 Å². The van der Waals surface area contributed by atoms with Crippen molar-refractivity contribution < 1.29 is 4.74 Å². The number of aromatic nitrogens is 4. The van der Waals surface area contributed by atoms with Crippen molar-refractivity contribution in [2.75, 3.05) is 11.9 Å². The minimum Gasteiger partial charge on any atom is -0.376 e. The van der Waals surface area contributed by atoms with Crippen LogP contribution in [0, 0.1) is 0 Å². The van der Waals surface area contributed by atoms with Crippen LogP contribution in [-0.2, 0) is 24.8 Å². The van der Waals surface area contributed by atoms with Crippen LogP contribution in [0.3, 0.4) is 0 Å². The van der Waals surface area contributed by atoms with Crippen LogP contribution < -0.4 is 16.4 Å². The van der Waals surface area contributed by atoms with Crippen molar-refractivity contribution in [3.05, 3.63) is 50.2 Å². The summed E-state index contributed by atoms with van der Waals surface area (Å²) in [5.41, 5.74) is 1.76. The highest BCUT2D eigenvalue weighted by atomic mass is 16.5. The van der Waals surface area contributed by atoms with Crippen LogP contribution in [0.5, 0.6) is 0 Å². The number of nitrogens with zero attached hydrogens (tertiary/aromatic N) is 4. The third-order valence-corrected chi connectivity index (χ3v) is 5.22. The standard InChI is InChI=1S/C18H23N5O3/c1-22-17(24)7-6-16(21-22)19-13-2-4-14(5-3-13)23-18(25)10-12-11-26-9-8-15(12)20-23/h6-7,10,13-14H,2-5,8-9,11H2,1H3,(H,19,21). The van der Waals surface area contributed by atoms with Crippen LogP contribution in [0.2, 0.25) is 0 Å². The van der Waals surface area contributed by atoms with Gasteiger partial charge in [0.25, 0.3) is 11.1 Å².